The lowest BCUT2D eigenvalue weighted by atomic mass is 9.95. The number of rotatable bonds is 2. The molecule has 2 unspecified atom stereocenters. The minimum Gasteiger partial charge on any atom is -0.311 e. The monoisotopic (exact) mass is 154 g/mol. The van der Waals surface area contributed by atoms with E-state index in [-0.39, 0.29) is 5.54 Å². The fraction of sp³-hybridized carbons (Fsp3) is 0.778. The van der Waals surface area contributed by atoms with Crippen LogP contribution in [0.1, 0.15) is 20.3 Å². The van der Waals surface area contributed by atoms with Crippen molar-refractivity contribution in [3.63, 3.8) is 0 Å². The van der Waals surface area contributed by atoms with Crippen LogP contribution in [0.2, 0.25) is 0 Å². The van der Waals surface area contributed by atoms with Gasteiger partial charge in [-0.25, -0.2) is 0 Å². The molecule has 11 heavy (non-hydrogen) atoms. The highest BCUT2D eigenvalue weighted by Crippen LogP contribution is 2.12. The van der Waals surface area contributed by atoms with Crippen molar-refractivity contribution in [2.24, 2.45) is 0 Å². The Hall–Kier alpha value is -0.340. The van der Waals surface area contributed by atoms with Crippen LogP contribution in [-0.2, 0) is 0 Å². The molecule has 0 amide bonds. The van der Waals surface area contributed by atoms with Crippen LogP contribution in [0.25, 0.3) is 0 Å². The van der Waals surface area contributed by atoms with Gasteiger partial charge in [-0.15, -0.1) is 6.58 Å². The molecule has 0 spiro atoms. The summed E-state index contributed by atoms with van der Waals surface area (Å²) in [7, 11) is 0. The van der Waals surface area contributed by atoms with Crippen molar-refractivity contribution in [2.75, 3.05) is 13.1 Å². The molecule has 2 N–H and O–H groups in total. The van der Waals surface area contributed by atoms with Gasteiger partial charge in [0, 0.05) is 24.7 Å². The highest BCUT2D eigenvalue weighted by atomic mass is 15.1. The Balaban J connectivity index is 2.41. The largest absolute Gasteiger partial charge is 0.311 e. The molecule has 64 valence electrons. The molecule has 0 bridgehead atoms. The van der Waals surface area contributed by atoms with Crippen molar-refractivity contribution >= 4 is 0 Å². The lowest BCUT2D eigenvalue weighted by Crippen LogP contribution is -2.60. The van der Waals surface area contributed by atoms with Crippen LogP contribution in [0.3, 0.4) is 0 Å². The first kappa shape index (κ1) is 8.75. The second kappa shape index (κ2) is 3.37. The predicted molar refractivity (Wildman–Crippen MR) is 48.7 cm³/mol. The Morgan fingerprint density at radius 2 is 2.45 bits per heavy atom. The van der Waals surface area contributed by atoms with Gasteiger partial charge in [0.15, 0.2) is 0 Å². The molecule has 2 heteroatoms. The molecule has 1 heterocycles. The van der Waals surface area contributed by atoms with Gasteiger partial charge in [-0.1, -0.05) is 6.08 Å². The molecule has 1 aliphatic rings. The van der Waals surface area contributed by atoms with Crippen LogP contribution < -0.4 is 10.6 Å². The Morgan fingerprint density at radius 1 is 1.73 bits per heavy atom. The molecule has 1 aliphatic heterocycles. The highest BCUT2D eigenvalue weighted by Gasteiger charge is 2.26. The van der Waals surface area contributed by atoms with E-state index in [1.807, 2.05) is 6.08 Å². The highest BCUT2D eigenvalue weighted by molar-refractivity contribution is 4.96. The van der Waals surface area contributed by atoms with E-state index in [1.165, 1.54) is 0 Å². The summed E-state index contributed by atoms with van der Waals surface area (Å²) in [5.41, 5.74) is 0.230. The van der Waals surface area contributed by atoms with E-state index in [4.69, 9.17) is 0 Å². The molecule has 0 aromatic heterocycles. The molecule has 0 saturated carbocycles. The van der Waals surface area contributed by atoms with Crippen molar-refractivity contribution in [1.29, 1.82) is 0 Å². The summed E-state index contributed by atoms with van der Waals surface area (Å²) in [6, 6.07) is 0.605. The summed E-state index contributed by atoms with van der Waals surface area (Å²) in [6.45, 7) is 10.3. The van der Waals surface area contributed by atoms with Gasteiger partial charge in [-0.3, -0.25) is 0 Å². The van der Waals surface area contributed by atoms with E-state index < -0.39 is 0 Å². The van der Waals surface area contributed by atoms with Gasteiger partial charge in [0.1, 0.15) is 0 Å². The third kappa shape index (κ3) is 2.31. The van der Waals surface area contributed by atoms with Crippen LogP contribution in [0.4, 0.5) is 0 Å². The minimum absolute atomic E-state index is 0.230. The maximum atomic E-state index is 3.75. The quantitative estimate of drug-likeness (QED) is 0.577. The van der Waals surface area contributed by atoms with E-state index in [1.54, 1.807) is 0 Å². The van der Waals surface area contributed by atoms with Crippen molar-refractivity contribution < 1.29 is 0 Å². The molecular weight excluding hydrogens is 136 g/mol. The Kier molecular flexibility index (Phi) is 2.68. The first-order chi connectivity index (χ1) is 5.16. The van der Waals surface area contributed by atoms with Gasteiger partial charge in [-0.05, 0) is 20.3 Å². The zero-order valence-corrected chi connectivity index (χ0v) is 7.48. The van der Waals surface area contributed by atoms with Crippen LogP contribution in [0, 0.1) is 0 Å². The number of nitrogens with one attached hydrogen (secondary N) is 2. The molecule has 0 radical (unpaired) electrons. The predicted octanol–water partition coefficient (Wildman–Crippen LogP) is 0.902. The molecule has 2 atom stereocenters. The standard InChI is InChI=1S/C9H18N2/c1-4-5-9(3)7-10-8(2)6-11-9/h4,8,10-11H,1,5-7H2,2-3H3. The Morgan fingerprint density at radius 3 is 2.91 bits per heavy atom. The second-order valence-electron chi connectivity index (χ2n) is 3.72. The molecule has 1 rings (SSSR count). The van der Waals surface area contributed by atoms with E-state index in [2.05, 4.69) is 31.1 Å². The normalized spacial score (nSPS) is 38.5. The fourth-order valence-electron chi connectivity index (χ4n) is 1.40. The molecular formula is C9H18N2. The average Bonchev–Trinajstić information content (AvgIpc) is 1.97. The van der Waals surface area contributed by atoms with Gasteiger partial charge in [0.25, 0.3) is 0 Å². The summed E-state index contributed by atoms with van der Waals surface area (Å²) < 4.78 is 0. The molecule has 2 nitrogen and oxygen atoms in total. The number of hydrogen-bond donors (Lipinski definition) is 2. The number of hydrogen-bond acceptors (Lipinski definition) is 2. The topological polar surface area (TPSA) is 24.1 Å². The van der Waals surface area contributed by atoms with E-state index in [9.17, 15) is 0 Å². The van der Waals surface area contributed by atoms with Crippen molar-refractivity contribution in [2.45, 2.75) is 31.8 Å². The molecule has 0 aromatic rings. The summed E-state index contributed by atoms with van der Waals surface area (Å²) >= 11 is 0. The summed E-state index contributed by atoms with van der Waals surface area (Å²) in [5, 5.41) is 6.96. The third-order valence-corrected chi connectivity index (χ3v) is 2.27. The first-order valence-electron chi connectivity index (χ1n) is 4.25. The summed E-state index contributed by atoms with van der Waals surface area (Å²) in [5.74, 6) is 0. The van der Waals surface area contributed by atoms with Gasteiger partial charge in [0.05, 0.1) is 0 Å². The second-order valence-corrected chi connectivity index (χ2v) is 3.72. The average molecular weight is 154 g/mol. The smallest absolute Gasteiger partial charge is 0.0313 e. The molecule has 1 saturated heterocycles. The van der Waals surface area contributed by atoms with E-state index in [0.29, 0.717) is 6.04 Å². The van der Waals surface area contributed by atoms with Crippen molar-refractivity contribution in [3.05, 3.63) is 12.7 Å². The summed E-state index contributed by atoms with van der Waals surface area (Å²) in [4.78, 5) is 0. The van der Waals surface area contributed by atoms with Crippen LogP contribution in [0.5, 0.6) is 0 Å². The van der Waals surface area contributed by atoms with E-state index >= 15 is 0 Å². The molecule has 1 fully saturated rings. The third-order valence-electron chi connectivity index (χ3n) is 2.27. The SMILES string of the molecule is C=CCC1(C)CNC(C)CN1. The zero-order chi connectivity index (χ0) is 8.32. The summed E-state index contributed by atoms with van der Waals surface area (Å²) in [6.07, 6.45) is 3.01. The van der Waals surface area contributed by atoms with Crippen LogP contribution in [-0.4, -0.2) is 24.7 Å². The number of piperazine rings is 1. The van der Waals surface area contributed by atoms with E-state index in [0.717, 1.165) is 19.5 Å². The lowest BCUT2D eigenvalue weighted by molar-refractivity contribution is 0.263. The zero-order valence-electron chi connectivity index (χ0n) is 7.48. The maximum absolute atomic E-state index is 3.75. The maximum Gasteiger partial charge on any atom is 0.0313 e. The fourth-order valence-corrected chi connectivity index (χ4v) is 1.40. The van der Waals surface area contributed by atoms with Gasteiger partial charge >= 0.3 is 0 Å². The van der Waals surface area contributed by atoms with Gasteiger partial charge in [-0.2, -0.15) is 0 Å². The van der Waals surface area contributed by atoms with Crippen LogP contribution >= 0.6 is 0 Å². The van der Waals surface area contributed by atoms with Gasteiger partial charge in [0.2, 0.25) is 0 Å². The van der Waals surface area contributed by atoms with Crippen molar-refractivity contribution in [1.82, 2.24) is 10.6 Å². The van der Waals surface area contributed by atoms with Gasteiger partial charge < -0.3 is 10.6 Å². The van der Waals surface area contributed by atoms with Crippen LogP contribution in [0.15, 0.2) is 12.7 Å². The lowest BCUT2D eigenvalue weighted by Gasteiger charge is -2.37. The Bertz CT molecular complexity index is 134. The molecule has 0 aromatic carbocycles. The molecule has 0 aliphatic carbocycles. The Labute approximate surface area is 69.1 Å². The minimum atomic E-state index is 0.230. The van der Waals surface area contributed by atoms with Crippen molar-refractivity contribution in [3.8, 4) is 0 Å². The first-order valence-corrected chi connectivity index (χ1v) is 4.25.